The Morgan fingerprint density at radius 1 is 1.41 bits per heavy atom. The van der Waals surface area contributed by atoms with Gasteiger partial charge in [-0.05, 0) is 25.5 Å². The molecule has 3 aromatic rings. The smallest absolute Gasteiger partial charge is 0.239 e. The summed E-state index contributed by atoms with van der Waals surface area (Å²) in [6, 6.07) is 3.77. The number of aromatic nitrogens is 6. The van der Waals surface area contributed by atoms with Crippen LogP contribution in [0.15, 0.2) is 42.3 Å². The lowest BCUT2D eigenvalue weighted by atomic mass is 10.3. The number of allylic oxidation sites excluding steroid dienone is 1. The number of carbonyl (C=O) groups excluding carboxylic acids is 1. The van der Waals surface area contributed by atoms with E-state index in [0.29, 0.717) is 29.1 Å². The number of anilines is 1. The van der Waals surface area contributed by atoms with Gasteiger partial charge in [0.1, 0.15) is 5.01 Å². The van der Waals surface area contributed by atoms with E-state index >= 15 is 0 Å². The molecule has 3 rings (SSSR count). The maximum Gasteiger partial charge on any atom is 0.239 e. The minimum absolute atomic E-state index is 0.130. The predicted molar refractivity (Wildman–Crippen MR) is 107 cm³/mol. The molecule has 0 aliphatic rings. The molecule has 0 saturated carbocycles. The van der Waals surface area contributed by atoms with Crippen molar-refractivity contribution in [2.45, 2.75) is 37.2 Å². The van der Waals surface area contributed by atoms with Crippen molar-refractivity contribution in [2.75, 3.05) is 5.32 Å². The SMILES string of the molecule is C=CCn1c(SC(CC)C(=O)Nc2nnc(C)s2)nnc1-c1cccnc1. The van der Waals surface area contributed by atoms with Crippen molar-refractivity contribution in [3.05, 3.63) is 42.2 Å². The zero-order valence-corrected chi connectivity index (χ0v) is 16.6. The van der Waals surface area contributed by atoms with Crippen molar-refractivity contribution in [1.29, 1.82) is 0 Å². The Balaban J connectivity index is 1.81. The first kappa shape index (κ1) is 19.2. The standard InChI is InChI=1S/C17H19N7OS2/c1-4-9-24-14(12-7-6-8-18-10-12)21-23-17(24)27-13(5-2)15(25)19-16-22-20-11(3)26-16/h4,6-8,10,13H,1,5,9H2,2-3H3,(H,19,22,25). The fourth-order valence-corrected chi connectivity index (χ4v) is 3.92. The third-order valence-corrected chi connectivity index (χ3v) is 5.71. The van der Waals surface area contributed by atoms with E-state index in [1.54, 1.807) is 18.5 Å². The summed E-state index contributed by atoms with van der Waals surface area (Å²) in [4.78, 5) is 16.8. The summed E-state index contributed by atoms with van der Waals surface area (Å²) >= 11 is 2.72. The number of rotatable bonds is 8. The van der Waals surface area contributed by atoms with E-state index < -0.39 is 0 Å². The fourth-order valence-electron chi connectivity index (χ4n) is 2.36. The van der Waals surface area contributed by atoms with Crippen molar-refractivity contribution in [3.63, 3.8) is 0 Å². The molecule has 3 heterocycles. The molecule has 0 fully saturated rings. The largest absolute Gasteiger partial charge is 0.300 e. The fraction of sp³-hybridized carbons (Fsp3) is 0.294. The Labute approximate surface area is 165 Å². The van der Waals surface area contributed by atoms with Crippen LogP contribution < -0.4 is 5.32 Å². The molecule has 0 aromatic carbocycles. The molecule has 1 N–H and O–H groups in total. The molecule has 10 heteroatoms. The lowest BCUT2D eigenvalue weighted by Crippen LogP contribution is -2.25. The Morgan fingerprint density at radius 3 is 2.89 bits per heavy atom. The lowest BCUT2D eigenvalue weighted by molar-refractivity contribution is -0.115. The van der Waals surface area contributed by atoms with Gasteiger partial charge in [-0.25, -0.2) is 0 Å². The minimum Gasteiger partial charge on any atom is -0.300 e. The quantitative estimate of drug-likeness (QED) is 0.457. The number of pyridine rings is 1. The van der Waals surface area contributed by atoms with Gasteiger partial charge < -0.3 is 0 Å². The first-order valence-corrected chi connectivity index (χ1v) is 10.0. The third-order valence-electron chi connectivity index (χ3n) is 3.62. The monoisotopic (exact) mass is 401 g/mol. The van der Waals surface area contributed by atoms with Crippen LogP contribution in [0.5, 0.6) is 0 Å². The van der Waals surface area contributed by atoms with Crippen LogP contribution in [0.3, 0.4) is 0 Å². The van der Waals surface area contributed by atoms with Crippen molar-refractivity contribution in [1.82, 2.24) is 29.9 Å². The lowest BCUT2D eigenvalue weighted by Gasteiger charge is -2.14. The minimum atomic E-state index is -0.330. The first-order chi connectivity index (χ1) is 13.1. The Hall–Kier alpha value is -2.59. The number of aryl methyl sites for hydroxylation is 1. The highest BCUT2D eigenvalue weighted by atomic mass is 32.2. The number of nitrogens with zero attached hydrogens (tertiary/aromatic N) is 6. The Kier molecular flexibility index (Phi) is 6.30. The first-order valence-electron chi connectivity index (χ1n) is 8.34. The van der Waals surface area contributed by atoms with E-state index in [0.717, 1.165) is 10.6 Å². The van der Waals surface area contributed by atoms with Gasteiger partial charge in [0.2, 0.25) is 11.0 Å². The Morgan fingerprint density at radius 2 is 2.26 bits per heavy atom. The highest BCUT2D eigenvalue weighted by Gasteiger charge is 2.23. The van der Waals surface area contributed by atoms with Gasteiger partial charge in [0.05, 0.1) is 5.25 Å². The summed E-state index contributed by atoms with van der Waals surface area (Å²) in [5.41, 5.74) is 0.862. The molecular formula is C17H19N7OS2. The highest BCUT2D eigenvalue weighted by Crippen LogP contribution is 2.29. The van der Waals surface area contributed by atoms with Crippen molar-refractivity contribution in [2.24, 2.45) is 0 Å². The number of hydrogen-bond acceptors (Lipinski definition) is 8. The van der Waals surface area contributed by atoms with Crippen LogP contribution in [-0.2, 0) is 11.3 Å². The molecule has 27 heavy (non-hydrogen) atoms. The van der Waals surface area contributed by atoms with Crippen LogP contribution in [-0.4, -0.2) is 41.1 Å². The van der Waals surface area contributed by atoms with E-state index in [9.17, 15) is 4.79 Å². The topological polar surface area (TPSA) is 98.5 Å². The summed E-state index contributed by atoms with van der Waals surface area (Å²) in [5, 5.41) is 20.9. The molecule has 1 atom stereocenters. The molecule has 0 aliphatic carbocycles. The average molecular weight is 402 g/mol. The zero-order valence-electron chi connectivity index (χ0n) is 15.0. The van der Waals surface area contributed by atoms with Gasteiger partial charge in [-0.3, -0.25) is 19.7 Å². The van der Waals surface area contributed by atoms with E-state index in [1.807, 2.05) is 30.5 Å². The Bertz CT molecular complexity index is 923. The van der Waals surface area contributed by atoms with Crippen molar-refractivity contribution < 1.29 is 4.79 Å². The predicted octanol–water partition coefficient (Wildman–Crippen LogP) is 3.20. The summed E-state index contributed by atoms with van der Waals surface area (Å²) < 4.78 is 1.93. The van der Waals surface area contributed by atoms with E-state index in [2.05, 4.69) is 37.3 Å². The molecule has 0 saturated heterocycles. The maximum atomic E-state index is 12.6. The molecular weight excluding hydrogens is 382 g/mol. The molecule has 1 unspecified atom stereocenters. The molecule has 3 aromatic heterocycles. The summed E-state index contributed by atoms with van der Waals surface area (Å²) in [6.07, 6.45) is 5.86. The van der Waals surface area contributed by atoms with E-state index in [-0.39, 0.29) is 11.2 Å². The summed E-state index contributed by atoms with van der Waals surface area (Å²) in [7, 11) is 0. The summed E-state index contributed by atoms with van der Waals surface area (Å²) in [5.74, 6) is 0.565. The molecule has 0 spiro atoms. The van der Waals surface area contributed by atoms with Crippen molar-refractivity contribution >= 4 is 34.1 Å². The number of nitrogens with one attached hydrogen (secondary N) is 1. The van der Waals surface area contributed by atoms with Gasteiger partial charge in [-0.2, -0.15) is 0 Å². The number of hydrogen-bond donors (Lipinski definition) is 1. The second-order valence-electron chi connectivity index (χ2n) is 5.58. The average Bonchev–Trinajstić information content (AvgIpc) is 3.26. The van der Waals surface area contributed by atoms with E-state index in [4.69, 9.17) is 0 Å². The van der Waals surface area contributed by atoms with Crippen LogP contribution in [0.2, 0.25) is 0 Å². The van der Waals surface area contributed by atoms with Gasteiger partial charge in [0.25, 0.3) is 0 Å². The van der Waals surface area contributed by atoms with Crippen LogP contribution >= 0.6 is 23.1 Å². The molecule has 0 radical (unpaired) electrons. The molecule has 1 amide bonds. The van der Waals surface area contributed by atoms with Crippen LogP contribution in [0.1, 0.15) is 18.4 Å². The molecule has 8 nitrogen and oxygen atoms in total. The van der Waals surface area contributed by atoms with Crippen molar-refractivity contribution in [3.8, 4) is 11.4 Å². The van der Waals surface area contributed by atoms with Gasteiger partial charge >= 0.3 is 0 Å². The van der Waals surface area contributed by atoms with Crippen LogP contribution in [0.4, 0.5) is 5.13 Å². The van der Waals surface area contributed by atoms with Gasteiger partial charge in [0, 0.05) is 24.5 Å². The molecule has 140 valence electrons. The number of carbonyl (C=O) groups is 1. The second kappa shape index (κ2) is 8.87. The molecule has 0 aliphatic heterocycles. The maximum absolute atomic E-state index is 12.6. The normalized spacial score (nSPS) is 11.9. The van der Waals surface area contributed by atoms with E-state index in [1.165, 1.54) is 23.1 Å². The third kappa shape index (κ3) is 4.58. The number of amides is 1. The zero-order chi connectivity index (χ0) is 19.2. The van der Waals surface area contributed by atoms with Gasteiger partial charge in [-0.1, -0.05) is 36.1 Å². The number of thioether (sulfide) groups is 1. The van der Waals surface area contributed by atoms with Crippen LogP contribution in [0, 0.1) is 6.92 Å². The van der Waals surface area contributed by atoms with Crippen LogP contribution in [0.25, 0.3) is 11.4 Å². The van der Waals surface area contributed by atoms with Gasteiger partial charge in [-0.15, -0.1) is 27.0 Å². The molecule has 0 bridgehead atoms. The second-order valence-corrected chi connectivity index (χ2v) is 7.93. The van der Waals surface area contributed by atoms with Gasteiger partial charge in [0.15, 0.2) is 11.0 Å². The summed E-state index contributed by atoms with van der Waals surface area (Å²) in [6.45, 7) is 8.15. The highest BCUT2D eigenvalue weighted by molar-refractivity contribution is 8.00.